The second kappa shape index (κ2) is 9.55. The van der Waals surface area contributed by atoms with Gasteiger partial charge in [0.2, 0.25) is 0 Å². The van der Waals surface area contributed by atoms with Crippen molar-refractivity contribution in [1.82, 2.24) is 15.5 Å². The molecule has 6 nitrogen and oxygen atoms in total. The van der Waals surface area contributed by atoms with Crippen molar-refractivity contribution >= 4 is 15.8 Å². The molecular formula is C20H32N4O2S. The number of nitrogens with zero attached hydrogens (tertiary/aromatic N) is 2. The molecule has 7 heteroatoms. The lowest BCUT2D eigenvalue weighted by atomic mass is 10.1. The third-order valence-electron chi connectivity index (χ3n) is 5.35. The highest BCUT2D eigenvalue weighted by Crippen LogP contribution is 2.14. The summed E-state index contributed by atoms with van der Waals surface area (Å²) in [4.78, 5) is 6.79. The fourth-order valence-corrected chi connectivity index (χ4v) is 5.55. The number of benzene rings is 1. The summed E-state index contributed by atoms with van der Waals surface area (Å²) in [5.74, 6) is 1.12. The topological polar surface area (TPSA) is 73.8 Å². The van der Waals surface area contributed by atoms with E-state index in [1.54, 1.807) is 7.05 Å². The normalized spacial score (nSPS) is 23.7. The van der Waals surface area contributed by atoms with Gasteiger partial charge in [-0.05, 0) is 43.5 Å². The summed E-state index contributed by atoms with van der Waals surface area (Å²) in [6.45, 7) is 4.08. The maximum Gasteiger partial charge on any atom is 0.191 e. The van der Waals surface area contributed by atoms with Crippen LogP contribution in [0.25, 0.3) is 0 Å². The molecule has 0 aromatic heterocycles. The van der Waals surface area contributed by atoms with Gasteiger partial charge in [-0.3, -0.25) is 9.89 Å². The predicted molar refractivity (Wildman–Crippen MR) is 111 cm³/mol. The molecule has 27 heavy (non-hydrogen) atoms. The summed E-state index contributed by atoms with van der Waals surface area (Å²) in [5, 5.41) is 6.54. The van der Waals surface area contributed by atoms with Crippen LogP contribution in [0.5, 0.6) is 0 Å². The molecule has 0 amide bonds. The smallest absolute Gasteiger partial charge is 0.191 e. The van der Waals surface area contributed by atoms with Gasteiger partial charge >= 0.3 is 0 Å². The summed E-state index contributed by atoms with van der Waals surface area (Å²) in [7, 11) is -1.17. The standard InChI is InChI=1S/C20H32N4O2S/c1-21-20(23-19-9-12-27(25,26)16-19)22-14-17-7-6-8-18(13-17)15-24-10-4-2-3-5-11-24/h6-8,13,19H,2-5,9-12,14-16H2,1H3,(H2,21,22,23). The van der Waals surface area contributed by atoms with Crippen LogP contribution < -0.4 is 10.6 Å². The van der Waals surface area contributed by atoms with Crippen LogP contribution in [0, 0.1) is 0 Å². The van der Waals surface area contributed by atoms with Crippen molar-refractivity contribution in [3.63, 3.8) is 0 Å². The van der Waals surface area contributed by atoms with Crippen molar-refractivity contribution in [2.24, 2.45) is 4.99 Å². The molecule has 150 valence electrons. The predicted octanol–water partition coefficient (Wildman–Crippen LogP) is 1.91. The van der Waals surface area contributed by atoms with E-state index in [0.717, 1.165) is 6.54 Å². The number of likely N-dealkylation sites (tertiary alicyclic amines) is 1. The van der Waals surface area contributed by atoms with Crippen LogP contribution in [0.4, 0.5) is 0 Å². The van der Waals surface area contributed by atoms with Gasteiger partial charge in [-0.1, -0.05) is 37.1 Å². The Morgan fingerprint density at radius 2 is 1.93 bits per heavy atom. The SMILES string of the molecule is CN=C(NCc1cccc(CN2CCCCCC2)c1)NC1CCS(=O)(=O)C1. The molecule has 0 saturated carbocycles. The largest absolute Gasteiger partial charge is 0.353 e. The molecule has 0 bridgehead atoms. The van der Waals surface area contributed by atoms with Gasteiger partial charge in [-0.2, -0.15) is 0 Å². The summed E-state index contributed by atoms with van der Waals surface area (Å²) in [6, 6.07) is 8.64. The van der Waals surface area contributed by atoms with Crippen molar-refractivity contribution in [3.05, 3.63) is 35.4 Å². The van der Waals surface area contributed by atoms with Crippen molar-refractivity contribution in [3.8, 4) is 0 Å². The molecule has 2 aliphatic heterocycles. The van der Waals surface area contributed by atoms with Gasteiger partial charge in [0, 0.05) is 26.2 Å². The first kappa shape index (κ1) is 20.1. The molecule has 1 aromatic rings. The number of sulfone groups is 1. The molecular weight excluding hydrogens is 360 g/mol. The molecule has 2 saturated heterocycles. The van der Waals surface area contributed by atoms with Crippen LogP contribution in [-0.2, 0) is 22.9 Å². The third-order valence-corrected chi connectivity index (χ3v) is 7.12. The van der Waals surface area contributed by atoms with E-state index in [4.69, 9.17) is 0 Å². The van der Waals surface area contributed by atoms with E-state index in [1.807, 2.05) is 0 Å². The average Bonchev–Trinajstić information content (AvgIpc) is 2.83. The molecule has 2 N–H and O–H groups in total. The van der Waals surface area contributed by atoms with Crippen LogP contribution in [0.15, 0.2) is 29.3 Å². The molecule has 3 rings (SSSR count). The minimum atomic E-state index is -2.89. The third kappa shape index (κ3) is 6.50. The maximum atomic E-state index is 11.6. The average molecular weight is 393 g/mol. The van der Waals surface area contributed by atoms with Crippen LogP contribution in [0.2, 0.25) is 0 Å². The van der Waals surface area contributed by atoms with Gasteiger partial charge in [-0.25, -0.2) is 8.42 Å². The van der Waals surface area contributed by atoms with Crippen LogP contribution in [0.3, 0.4) is 0 Å². The number of rotatable bonds is 5. The lowest BCUT2D eigenvalue weighted by Gasteiger charge is -2.20. The first-order valence-corrected chi connectivity index (χ1v) is 11.8. The monoisotopic (exact) mass is 392 g/mol. The highest BCUT2D eigenvalue weighted by atomic mass is 32.2. The minimum Gasteiger partial charge on any atom is -0.353 e. The Balaban J connectivity index is 1.51. The second-order valence-electron chi connectivity index (χ2n) is 7.68. The van der Waals surface area contributed by atoms with E-state index >= 15 is 0 Å². The molecule has 0 radical (unpaired) electrons. The quantitative estimate of drug-likeness (QED) is 0.592. The zero-order valence-corrected chi connectivity index (χ0v) is 17.1. The Morgan fingerprint density at radius 3 is 2.59 bits per heavy atom. The second-order valence-corrected chi connectivity index (χ2v) is 9.91. The van der Waals surface area contributed by atoms with Gasteiger partial charge < -0.3 is 10.6 Å². The highest BCUT2D eigenvalue weighted by molar-refractivity contribution is 7.91. The van der Waals surface area contributed by atoms with Gasteiger partial charge in [0.05, 0.1) is 11.5 Å². The summed E-state index contributed by atoms with van der Waals surface area (Å²) in [6.07, 6.45) is 5.97. The molecule has 0 spiro atoms. The zero-order valence-electron chi connectivity index (χ0n) is 16.3. The summed E-state index contributed by atoms with van der Waals surface area (Å²) >= 11 is 0. The molecule has 1 aromatic carbocycles. The first-order valence-electron chi connectivity index (χ1n) is 10.0. The van der Waals surface area contributed by atoms with E-state index in [2.05, 4.69) is 44.8 Å². The summed E-state index contributed by atoms with van der Waals surface area (Å²) in [5.41, 5.74) is 2.56. The van der Waals surface area contributed by atoms with Gasteiger partial charge in [-0.15, -0.1) is 0 Å². The van der Waals surface area contributed by atoms with E-state index in [1.165, 1.54) is 49.9 Å². The molecule has 1 atom stereocenters. The Kier molecular flexibility index (Phi) is 7.13. The Labute approximate surface area is 163 Å². The minimum absolute atomic E-state index is 0.0458. The lowest BCUT2D eigenvalue weighted by Crippen LogP contribution is -2.43. The Morgan fingerprint density at radius 1 is 1.19 bits per heavy atom. The zero-order chi connectivity index (χ0) is 19.1. The van der Waals surface area contributed by atoms with E-state index in [-0.39, 0.29) is 17.5 Å². The van der Waals surface area contributed by atoms with E-state index in [9.17, 15) is 8.42 Å². The van der Waals surface area contributed by atoms with Crippen molar-refractivity contribution in [2.45, 2.75) is 51.2 Å². The van der Waals surface area contributed by atoms with Crippen LogP contribution >= 0.6 is 0 Å². The Bertz CT molecular complexity index is 740. The van der Waals surface area contributed by atoms with Gasteiger partial charge in [0.15, 0.2) is 15.8 Å². The number of hydrogen-bond donors (Lipinski definition) is 2. The lowest BCUT2D eigenvalue weighted by molar-refractivity contribution is 0.277. The highest BCUT2D eigenvalue weighted by Gasteiger charge is 2.28. The van der Waals surface area contributed by atoms with E-state index < -0.39 is 9.84 Å². The van der Waals surface area contributed by atoms with Gasteiger partial charge in [0.25, 0.3) is 0 Å². The van der Waals surface area contributed by atoms with Crippen molar-refractivity contribution < 1.29 is 8.42 Å². The van der Waals surface area contributed by atoms with Crippen molar-refractivity contribution in [2.75, 3.05) is 31.6 Å². The molecule has 2 aliphatic rings. The first-order chi connectivity index (χ1) is 13.0. The number of hydrogen-bond acceptors (Lipinski definition) is 4. The summed E-state index contributed by atoms with van der Waals surface area (Å²) < 4.78 is 23.2. The number of aliphatic imine (C=N–C) groups is 1. The molecule has 0 aliphatic carbocycles. The van der Waals surface area contributed by atoms with Crippen molar-refractivity contribution in [1.29, 1.82) is 0 Å². The number of nitrogens with one attached hydrogen (secondary N) is 2. The fourth-order valence-electron chi connectivity index (χ4n) is 3.87. The maximum absolute atomic E-state index is 11.6. The molecule has 1 unspecified atom stereocenters. The Hall–Kier alpha value is -1.60. The fraction of sp³-hybridized carbons (Fsp3) is 0.650. The number of guanidine groups is 1. The molecule has 2 fully saturated rings. The molecule has 2 heterocycles. The van der Waals surface area contributed by atoms with Gasteiger partial charge in [0.1, 0.15) is 0 Å². The van der Waals surface area contributed by atoms with Crippen LogP contribution in [0.1, 0.15) is 43.2 Å². The van der Waals surface area contributed by atoms with E-state index in [0.29, 0.717) is 18.9 Å². The van der Waals surface area contributed by atoms with Crippen LogP contribution in [-0.4, -0.2) is 57.0 Å².